The molecule has 0 aromatic heterocycles. The summed E-state index contributed by atoms with van der Waals surface area (Å²) in [5.74, 6) is 0. The maximum atomic E-state index is 2.36. The summed E-state index contributed by atoms with van der Waals surface area (Å²) in [5.41, 5.74) is 0.802. The molecule has 0 aromatic carbocycles. The van der Waals surface area contributed by atoms with E-state index in [4.69, 9.17) is 0 Å². The van der Waals surface area contributed by atoms with Gasteiger partial charge in [0.2, 0.25) is 0 Å². The maximum Gasteiger partial charge on any atom is 0.0220 e. The normalized spacial score (nSPS) is 14.6. The Morgan fingerprint density at radius 1 is 0.476 bits per heavy atom. The average Bonchev–Trinajstić information content (AvgIpc) is 2.07. The van der Waals surface area contributed by atoms with E-state index in [1.807, 2.05) is 51.1 Å². The molecule has 0 rings (SSSR count). The fourth-order valence-corrected chi connectivity index (χ4v) is 13.9. The van der Waals surface area contributed by atoms with Crippen molar-refractivity contribution in [3.63, 3.8) is 0 Å². The molecular weight excluding hydrogens is 353 g/mol. The van der Waals surface area contributed by atoms with Crippen molar-refractivity contribution < 1.29 is 0 Å². The summed E-state index contributed by atoms with van der Waals surface area (Å²) < 4.78 is 0.671. The van der Waals surface area contributed by atoms with Crippen molar-refractivity contribution in [3.8, 4) is 0 Å². The van der Waals surface area contributed by atoms with Crippen LogP contribution in [0.4, 0.5) is 0 Å². The first-order valence-electron chi connectivity index (χ1n) is 7.49. The van der Waals surface area contributed by atoms with Crippen LogP contribution in [-0.4, -0.2) is 9.49 Å². The summed E-state index contributed by atoms with van der Waals surface area (Å²) >= 11 is 0. The lowest BCUT2D eigenvalue weighted by Gasteiger charge is -2.31. The van der Waals surface area contributed by atoms with Gasteiger partial charge in [-0.05, 0) is 80.8 Å². The molecule has 21 heavy (non-hydrogen) atoms. The Bertz CT molecular complexity index is 267. The Kier molecular flexibility index (Phi) is 9.46. The van der Waals surface area contributed by atoms with E-state index in [0.29, 0.717) is 20.3 Å². The van der Waals surface area contributed by atoms with E-state index in [9.17, 15) is 0 Å². The van der Waals surface area contributed by atoms with E-state index < -0.39 is 0 Å². The molecular formula is C16H34S5. The third kappa shape index (κ3) is 15.0. The third-order valence-electron chi connectivity index (χ3n) is 2.49. The molecule has 0 unspecified atom stereocenters. The van der Waals surface area contributed by atoms with E-state index in [1.165, 1.54) is 12.8 Å². The first kappa shape index (κ1) is 22.8. The second-order valence-electron chi connectivity index (χ2n) is 9.37. The van der Waals surface area contributed by atoms with Gasteiger partial charge in [0.1, 0.15) is 0 Å². The molecule has 0 radical (unpaired) electrons. The zero-order valence-electron chi connectivity index (χ0n) is 15.5. The van der Waals surface area contributed by atoms with Gasteiger partial charge in [-0.15, -0.1) is 0 Å². The molecule has 5 heteroatoms. The number of hydrogen-bond acceptors (Lipinski definition) is 5. The van der Waals surface area contributed by atoms with Gasteiger partial charge in [-0.25, -0.2) is 0 Å². The first-order valence-corrected chi connectivity index (χ1v) is 13.6. The molecule has 128 valence electrons. The molecule has 0 saturated heterocycles. The first-order chi connectivity index (χ1) is 9.12. The van der Waals surface area contributed by atoms with Gasteiger partial charge >= 0.3 is 0 Å². The summed E-state index contributed by atoms with van der Waals surface area (Å²) in [6.45, 7) is 23.4. The van der Waals surface area contributed by atoms with Crippen LogP contribution in [0.5, 0.6) is 0 Å². The van der Waals surface area contributed by atoms with Crippen molar-refractivity contribution in [2.45, 2.75) is 91.6 Å². The maximum absolute atomic E-state index is 2.36. The SMILES string of the molecule is CC(C)(C)CC(C)(C)SSSSSC(C)(C)CC(C)(C)C. The van der Waals surface area contributed by atoms with Crippen molar-refractivity contribution in [2.75, 3.05) is 0 Å². The Labute approximate surface area is 152 Å². The minimum atomic E-state index is 0.335. The van der Waals surface area contributed by atoms with E-state index in [-0.39, 0.29) is 0 Å². The third-order valence-corrected chi connectivity index (χ3v) is 12.6. The fraction of sp³-hybridized carbons (Fsp3) is 1.00. The fourth-order valence-electron chi connectivity index (χ4n) is 2.84. The van der Waals surface area contributed by atoms with E-state index in [0.717, 1.165) is 0 Å². The highest BCUT2D eigenvalue weighted by molar-refractivity contribution is 9.35. The second kappa shape index (κ2) is 8.73. The molecule has 0 N–H and O–H groups in total. The largest absolute Gasteiger partial charge is 0.0754 e. The van der Waals surface area contributed by atoms with Crippen LogP contribution in [0.3, 0.4) is 0 Å². The summed E-state index contributed by atoms with van der Waals surface area (Å²) in [6.07, 6.45) is 2.48. The highest BCUT2D eigenvalue weighted by atomic mass is 33.8. The monoisotopic (exact) mass is 386 g/mol. The quantitative estimate of drug-likeness (QED) is 0.301. The van der Waals surface area contributed by atoms with Gasteiger partial charge in [-0.2, -0.15) is 0 Å². The minimum absolute atomic E-state index is 0.335. The van der Waals surface area contributed by atoms with Crippen molar-refractivity contribution in [1.29, 1.82) is 0 Å². The molecule has 0 aliphatic heterocycles. The zero-order chi connectivity index (χ0) is 16.9. The van der Waals surface area contributed by atoms with Gasteiger partial charge < -0.3 is 0 Å². The predicted octanol–water partition coefficient (Wildman–Crippen LogP) is 8.74. The standard InChI is InChI=1S/C16H34S5/c1-13(2,3)11-15(7,8)17-19-21-20-18-16(9,10)12-14(4,5)6/h11-12H2,1-10H3. The van der Waals surface area contributed by atoms with Gasteiger partial charge in [-0.1, -0.05) is 63.1 Å². The summed E-state index contributed by atoms with van der Waals surface area (Å²) in [5, 5.41) is 0. The molecule has 0 aliphatic rings. The van der Waals surface area contributed by atoms with E-state index in [2.05, 4.69) is 69.2 Å². The second-order valence-corrected chi connectivity index (χ2v) is 18.2. The minimum Gasteiger partial charge on any atom is -0.0754 e. The van der Waals surface area contributed by atoms with Gasteiger partial charge in [0, 0.05) is 9.49 Å². The van der Waals surface area contributed by atoms with Gasteiger partial charge in [0.15, 0.2) is 0 Å². The molecule has 0 heterocycles. The molecule has 0 amide bonds. The number of hydrogen-bond donors (Lipinski definition) is 0. The lowest BCUT2D eigenvalue weighted by atomic mass is 9.86. The van der Waals surface area contributed by atoms with Crippen LogP contribution in [0.1, 0.15) is 82.1 Å². The van der Waals surface area contributed by atoms with Crippen LogP contribution in [-0.2, 0) is 0 Å². The Balaban J connectivity index is 3.96. The Hall–Kier alpha value is 1.75. The van der Waals surface area contributed by atoms with Crippen molar-refractivity contribution >= 4 is 51.1 Å². The van der Waals surface area contributed by atoms with Crippen molar-refractivity contribution in [3.05, 3.63) is 0 Å². The average molecular weight is 387 g/mol. The molecule has 0 fully saturated rings. The molecule has 0 aromatic rings. The molecule has 0 spiro atoms. The van der Waals surface area contributed by atoms with Crippen molar-refractivity contribution in [2.24, 2.45) is 10.8 Å². The van der Waals surface area contributed by atoms with Crippen LogP contribution in [0.2, 0.25) is 0 Å². The van der Waals surface area contributed by atoms with Crippen LogP contribution in [0, 0.1) is 10.8 Å². The molecule has 0 aliphatic carbocycles. The van der Waals surface area contributed by atoms with E-state index >= 15 is 0 Å². The lowest BCUT2D eigenvalue weighted by molar-refractivity contribution is 0.340. The molecule has 0 nitrogen and oxygen atoms in total. The molecule has 0 atom stereocenters. The van der Waals surface area contributed by atoms with Gasteiger partial charge in [0.05, 0.1) is 0 Å². The molecule has 0 bridgehead atoms. The Morgan fingerprint density at radius 3 is 1.00 bits per heavy atom. The van der Waals surface area contributed by atoms with Gasteiger partial charge in [0.25, 0.3) is 0 Å². The smallest absolute Gasteiger partial charge is 0.0220 e. The predicted molar refractivity (Wildman–Crippen MR) is 114 cm³/mol. The summed E-state index contributed by atoms with van der Waals surface area (Å²) in [4.78, 5) is 0. The lowest BCUT2D eigenvalue weighted by Crippen LogP contribution is -2.22. The highest BCUT2D eigenvalue weighted by Crippen LogP contribution is 2.57. The van der Waals surface area contributed by atoms with E-state index in [1.54, 1.807) is 0 Å². The Morgan fingerprint density at radius 2 is 0.762 bits per heavy atom. The highest BCUT2D eigenvalue weighted by Gasteiger charge is 2.28. The topological polar surface area (TPSA) is 0 Å². The van der Waals surface area contributed by atoms with Crippen LogP contribution in [0.25, 0.3) is 0 Å². The number of rotatable bonds is 8. The van der Waals surface area contributed by atoms with Gasteiger partial charge in [-0.3, -0.25) is 0 Å². The molecule has 0 saturated carbocycles. The summed E-state index contributed by atoms with van der Waals surface area (Å²) in [7, 11) is 9.82. The van der Waals surface area contributed by atoms with Crippen LogP contribution < -0.4 is 0 Å². The zero-order valence-corrected chi connectivity index (χ0v) is 19.5. The van der Waals surface area contributed by atoms with Crippen LogP contribution >= 0.6 is 51.1 Å². The van der Waals surface area contributed by atoms with Crippen molar-refractivity contribution in [1.82, 2.24) is 0 Å². The summed E-state index contributed by atoms with van der Waals surface area (Å²) in [6, 6.07) is 0. The van der Waals surface area contributed by atoms with Crippen LogP contribution in [0.15, 0.2) is 0 Å².